The van der Waals surface area contributed by atoms with Crippen LogP contribution in [0.3, 0.4) is 0 Å². The molecule has 0 saturated heterocycles. The van der Waals surface area contributed by atoms with E-state index in [1.54, 1.807) is 6.92 Å². The van der Waals surface area contributed by atoms with Crippen LogP contribution in [0.1, 0.15) is 6.92 Å². The molecule has 1 rings (SSSR count). The topological polar surface area (TPSA) is 64.4 Å². The highest BCUT2D eigenvalue weighted by Gasteiger charge is 2.07. The van der Waals surface area contributed by atoms with Gasteiger partial charge in [0.05, 0.1) is 12.6 Å². The second kappa shape index (κ2) is 6.15. The minimum absolute atomic E-state index is 0.0542. The fraction of sp³-hybridized carbons (Fsp3) is 0.364. The summed E-state index contributed by atoms with van der Waals surface area (Å²) in [5.74, 6) is -1.81. The molecule has 0 fully saturated rings. The van der Waals surface area contributed by atoms with E-state index in [1.807, 2.05) is 0 Å². The Labute approximate surface area is 97.8 Å². The molecule has 0 radical (unpaired) electrons. The predicted octanol–water partition coefficient (Wildman–Crippen LogP) is 0.807. The Kier molecular flexibility index (Phi) is 4.84. The van der Waals surface area contributed by atoms with Crippen LogP contribution in [0.4, 0.5) is 8.78 Å². The third-order valence-electron chi connectivity index (χ3n) is 1.97. The fourth-order valence-corrected chi connectivity index (χ4v) is 1.09. The van der Waals surface area contributed by atoms with E-state index in [2.05, 4.69) is 5.32 Å². The lowest BCUT2D eigenvalue weighted by atomic mass is 10.3. The number of benzene rings is 1. The van der Waals surface area contributed by atoms with E-state index in [0.717, 1.165) is 12.1 Å². The fourth-order valence-electron chi connectivity index (χ4n) is 1.09. The van der Waals surface area contributed by atoms with Gasteiger partial charge in [0, 0.05) is 6.07 Å². The smallest absolute Gasteiger partial charge is 0.236 e. The number of nitrogens with one attached hydrogen (secondary N) is 1. The molecule has 6 heteroatoms. The highest BCUT2D eigenvalue weighted by molar-refractivity contribution is 5.80. The maximum Gasteiger partial charge on any atom is 0.236 e. The van der Waals surface area contributed by atoms with Crippen LogP contribution < -0.4 is 15.8 Å². The quantitative estimate of drug-likeness (QED) is 0.753. The van der Waals surface area contributed by atoms with Gasteiger partial charge in [-0.25, -0.2) is 8.78 Å². The lowest BCUT2D eigenvalue weighted by Crippen LogP contribution is -2.40. The summed E-state index contributed by atoms with van der Waals surface area (Å²) >= 11 is 0. The zero-order valence-electron chi connectivity index (χ0n) is 9.37. The van der Waals surface area contributed by atoms with Crippen molar-refractivity contribution >= 4 is 5.91 Å². The Bertz CT molecular complexity index is 397. The highest BCUT2D eigenvalue weighted by Crippen LogP contribution is 2.17. The molecule has 1 atom stereocenters. The molecule has 94 valence electrons. The van der Waals surface area contributed by atoms with Gasteiger partial charge in [-0.05, 0) is 19.1 Å². The average Bonchev–Trinajstić information content (AvgIpc) is 2.26. The monoisotopic (exact) mass is 244 g/mol. The van der Waals surface area contributed by atoms with E-state index in [9.17, 15) is 13.6 Å². The maximum absolute atomic E-state index is 13.1. The second-order valence-electron chi connectivity index (χ2n) is 3.50. The molecular weight excluding hydrogens is 230 g/mol. The third kappa shape index (κ3) is 4.36. The molecule has 0 saturated carbocycles. The number of ether oxygens (including phenoxy) is 1. The van der Waals surface area contributed by atoms with Gasteiger partial charge in [-0.2, -0.15) is 0 Å². The van der Waals surface area contributed by atoms with Crippen molar-refractivity contribution in [1.82, 2.24) is 5.32 Å². The van der Waals surface area contributed by atoms with Crippen LogP contribution >= 0.6 is 0 Å². The van der Waals surface area contributed by atoms with Crippen LogP contribution in [0.25, 0.3) is 0 Å². The predicted molar refractivity (Wildman–Crippen MR) is 58.5 cm³/mol. The van der Waals surface area contributed by atoms with Crippen LogP contribution in [-0.2, 0) is 4.79 Å². The third-order valence-corrected chi connectivity index (χ3v) is 1.97. The molecule has 0 aliphatic heterocycles. The number of halogens is 2. The SMILES string of the molecule is CC(N)C(=O)NCCOc1ccc(F)cc1F. The summed E-state index contributed by atoms with van der Waals surface area (Å²) in [6, 6.07) is 2.42. The molecule has 3 N–H and O–H groups in total. The van der Waals surface area contributed by atoms with Crippen molar-refractivity contribution in [1.29, 1.82) is 0 Å². The number of rotatable bonds is 5. The lowest BCUT2D eigenvalue weighted by Gasteiger charge is -2.09. The van der Waals surface area contributed by atoms with E-state index in [1.165, 1.54) is 6.07 Å². The van der Waals surface area contributed by atoms with Gasteiger partial charge >= 0.3 is 0 Å². The summed E-state index contributed by atoms with van der Waals surface area (Å²) in [5, 5.41) is 2.50. The highest BCUT2D eigenvalue weighted by atomic mass is 19.1. The van der Waals surface area contributed by atoms with Crippen molar-refractivity contribution in [2.45, 2.75) is 13.0 Å². The van der Waals surface area contributed by atoms with Crippen LogP contribution in [-0.4, -0.2) is 25.1 Å². The van der Waals surface area contributed by atoms with Gasteiger partial charge in [-0.1, -0.05) is 0 Å². The summed E-state index contributed by atoms with van der Waals surface area (Å²) in [4.78, 5) is 11.1. The Balaban J connectivity index is 2.34. The van der Waals surface area contributed by atoms with Gasteiger partial charge in [-0.15, -0.1) is 0 Å². The van der Waals surface area contributed by atoms with Crippen molar-refractivity contribution in [3.63, 3.8) is 0 Å². The van der Waals surface area contributed by atoms with Crippen LogP contribution in [0, 0.1) is 11.6 Å². The second-order valence-corrected chi connectivity index (χ2v) is 3.50. The molecule has 4 nitrogen and oxygen atoms in total. The summed E-state index contributed by atoms with van der Waals surface area (Å²) in [6.07, 6.45) is 0. The van der Waals surface area contributed by atoms with Gasteiger partial charge in [0.2, 0.25) is 5.91 Å². The zero-order valence-corrected chi connectivity index (χ0v) is 9.37. The van der Waals surface area contributed by atoms with Crippen molar-refractivity contribution in [2.75, 3.05) is 13.2 Å². The number of hydrogen-bond donors (Lipinski definition) is 2. The van der Waals surface area contributed by atoms with E-state index >= 15 is 0 Å². The van der Waals surface area contributed by atoms with Gasteiger partial charge < -0.3 is 15.8 Å². The van der Waals surface area contributed by atoms with E-state index in [0.29, 0.717) is 0 Å². The molecule has 0 aliphatic carbocycles. The molecule has 1 unspecified atom stereocenters. The first-order valence-electron chi connectivity index (χ1n) is 5.12. The Hall–Kier alpha value is -1.69. The first kappa shape index (κ1) is 13.4. The Morgan fingerprint density at radius 3 is 2.82 bits per heavy atom. The van der Waals surface area contributed by atoms with Crippen LogP contribution in [0.2, 0.25) is 0 Å². The average molecular weight is 244 g/mol. The normalized spacial score (nSPS) is 12.0. The standard InChI is InChI=1S/C11H14F2N2O2/c1-7(14)11(16)15-4-5-17-10-3-2-8(12)6-9(10)13/h2-3,6-7H,4-5,14H2,1H3,(H,15,16). The van der Waals surface area contributed by atoms with E-state index in [4.69, 9.17) is 10.5 Å². The molecule has 0 aliphatic rings. The van der Waals surface area contributed by atoms with Crippen LogP contribution in [0.5, 0.6) is 5.75 Å². The number of nitrogens with two attached hydrogens (primary N) is 1. The number of carbonyl (C=O) groups excluding carboxylic acids is 1. The van der Waals surface area contributed by atoms with E-state index < -0.39 is 17.7 Å². The lowest BCUT2D eigenvalue weighted by molar-refractivity contribution is -0.122. The van der Waals surface area contributed by atoms with Crippen molar-refractivity contribution in [3.05, 3.63) is 29.8 Å². The number of carbonyl (C=O) groups is 1. The Morgan fingerprint density at radius 1 is 1.53 bits per heavy atom. The summed E-state index contributed by atoms with van der Waals surface area (Å²) < 4.78 is 30.7. The molecule has 0 spiro atoms. The summed E-state index contributed by atoms with van der Waals surface area (Å²) in [6.45, 7) is 1.84. The maximum atomic E-state index is 13.1. The first-order valence-corrected chi connectivity index (χ1v) is 5.12. The first-order chi connectivity index (χ1) is 8.00. The largest absolute Gasteiger partial charge is 0.489 e. The van der Waals surface area contributed by atoms with E-state index in [-0.39, 0.29) is 24.8 Å². The minimum atomic E-state index is -0.775. The van der Waals surface area contributed by atoms with Gasteiger partial charge in [0.15, 0.2) is 11.6 Å². The molecule has 1 aromatic carbocycles. The number of hydrogen-bond acceptors (Lipinski definition) is 3. The molecule has 17 heavy (non-hydrogen) atoms. The van der Waals surface area contributed by atoms with Gasteiger partial charge in [-0.3, -0.25) is 4.79 Å². The Morgan fingerprint density at radius 2 is 2.24 bits per heavy atom. The van der Waals surface area contributed by atoms with Gasteiger partial charge in [0.1, 0.15) is 12.4 Å². The van der Waals surface area contributed by atoms with Crippen molar-refractivity contribution in [2.24, 2.45) is 5.73 Å². The molecule has 1 amide bonds. The van der Waals surface area contributed by atoms with Crippen molar-refractivity contribution < 1.29 is 18.3 Å². The molecule has 1 aromatic rings. The zero-order chi connectivity index (χ0) is 12.8. The molecule has 0 bridgehead atoms. The molecule has 0 aromatic heterocycles. The van der Waals surface area contributed by atoms with Crippen LogP contribution in [0.15, 0.2) is 18.2 Å². The van der Waals surface area contributed by atoms with Gasteiger partial charge in [0.25, 0.3) is 0 Å². The molecule has 0 heterocycles. The molecular formula is C11H14F2N2O2. The minimum Gasteiger partial charge on any atom is -0.489 e. The summed E-state index contributed by atoms with van der Waals surface area (Å²) in [5.41, 5.74) is 5.32. The number of amides is 1. The summed E-state index contributed by atoms with van der Waals surface area (Å²) in [7, 11) is 0. The van der Waals surface area contributed by atoms with Crippen molar-refractivity contribution in [3.8, 4) is 5.75 Å².